The number of hydrogen-bond acceptors (Lipinski definition) is 2. The van der Waals surface area contributed by atoms with Crippen molar-refractivity contribution in [3.63, 3.8) is 0 Å². The highest BCUT2D eigenvalue weighted by Crippen LogP contribution is 2.29. The molecule has 0 unspecified atom stereocenters. The molecule has 16 heavy (non-hydrogen) atoms. The van der Waals surface area contributed by atoms with Crippen LogP contribution in [-0.2, 0) is 0 Å². The number of nitrogens with one attached hydrogen (secondary N) is 2. The van der Waals surface area contributed by atoms with E-state index in [9.17, 15) is 4.79 Å². The summed E-state index contributed by atoms with van der Waals surface area (Å²) in [4.78, 5) is 11.4. The van der Waals surface area contributed by atoms with Crippen LogP contribution in [-0.4, -0.2) is 30.3 Å². The normalized spacial score (nSPS) is 25.5. The van der Waals surface area contributed by atoms with Crippen LogP contribution in [0.3, 0.4) is 0 Å². The summed E-state index contributed by atoms with van der Waals surface area (Å²) in [5.74, 6) is 1.57. The molecule has 4 nitrogen and oxygen atoms in total. The van der Waals surface area contributed by atoms with Crippen LogP contribution in [0, 0.1) is 11.8 Å². The van der Waals surface area contributed by atoms with Crippen LogP contribution in [0.15, 0.2) is 0 Å². The molecule has 0 atom stereocenters. The summed E-state index contributed by atoms with van der Waals surface area (Å²) in [6.07, 6.45) is 4.58. The van der Waals surface area contributed by atoms with Gasteiger partial charge in [-0.05, 0) is 37.5 Å². The van der Waals surface area contributed by atoms with Gasteiger partial charge in [-0.25, -0.2) is 4.79 Å². The Bertz CT molecular complexity index is 211. The molecule has 1 aliphatic rings. The van der Waals surface area contributed by atoms with Gasteiger partial charge in [0, 0.05) is 12.6 Å². The molecule has 0 heterocycles. The fraction of sp³-hybridized carbons (Fsp3) is 0.917. The van der Waals surface area contributed by atoms with E-state index in [1.54, 1.807) is 0 Å². The van der Waals surface area contributed by atoms with Crippen LogP contribution in [0.1, 0.15) is 39.5 Å². The molecule has 1 rings (SSSR count). The smallest absolute Gasteiger partial charge is 0.315 e. The average molecular weight is 228 g/mol. The summed E-state index contributed by atoms with van der Waals surface area (Å²) in [7, 11) is 0. The lowest BCUT2D eigenvalue weighted by Gasteiger charge is -2.31. The van der Waals surface area contributed by atoms with Crippen LogP contribution in [0.2, 0.25) is 0 Å². The highest BCUT2D eigenvalue weighted by molar-refractivity contribution is 5.74. The first-order chi connectivity index (χ1) is 7.63. The molecule has 1 fully saturated rings. The van der Waals surface area contributed by atoms with E-state index in [1.165, 1.54) is 12.8 Å². The topological polar surface area (TPSA) is 61.4 Å². The van der Waals surface area contributed by atoms with Crippen molar-refractivity contribution >= 4 is 6.03 Å². The number of hydrogen-bond donors (Lipinski definition) is 3. The predicted octanol–water partition coefficient (Wildman–Crippen LogP) is 1.49. The van der Waals surface area contributed by atoms with Crippen molar-refractivity contribution in [2.24, 2.45) is 11.8 Å². The zero-order chi connectivity index (χ0) is 12.0. The fourth-order valence-electron chi connectivity index (χ4n) is 2.34. The van der Waals surface area contributed by atoms with Crippen molar-refractivity contribution in [3.05, 3.63) is 0 Å². The SMILES string of the molecule is CC(C)C1CCC(NC(=O)NCCO)CC1. The van der Waals surface area contributed by atoms with Gasteiger partial charge in [0.25, 0.3) is 0 Å². The molecule has 0 radical (unpaired) electrons. The lowest BCUT2D eigenvalue weighted by Crippen LogP contribution is -2.44. The molecule has 0 aromatic rings. The van der Waals surface area contributed by atoms with Crippen molar-refractivity contribution in [3.8, 4) is 0 Å². The largest absolute Gasteiger partial charge is 0.395 e. The molecule has 0 aliphatic heterocycles. The van der Waals surface area contributed by atoms with E-state index in [4.69, 9.17) is 5.11 Å². The van der Waals surface area contributed by atoms with Crippen LogP contribution < -0.4 is 10.6 Å². The van der Waals surface area contributed by atoms with Crippen molar-refractivity contribution in [2.45, 2.75) is 45.6 Å². The lowest BCUT2D eigenvalue weighted by molar-refractivity contribution is 0.212. The minimum Gasteiger partial charge on any atom is -0.395 e. The van der Waals surface area contributed by atoms with Gasteiger partial charge in [-0.15, -0.1) is 0 Å². The predicted molar refractivity (Wildman–Crippen MR) is 64.2 cm³/mol. The molecule has 1 saturated carbocycles. The van der Waals surface area contributed by atoms with Gasteiger partial charge in [-0.3, -0.25) is 0 Å². The quantitative estimate of drug-likeness (QED) is 0.682. The standard InChI is InChI=1S/C12H24N2O2/c1-9(2)10-3-5-11(6-4-10)14-12(16)13-7-8-15/h9-11,15H,3-8H2,1-2H3,(H2,13,14,16). The van der Waals surface area contributed by atoms with Crippen molar-refractivity contribution in [1.29, 1.82) is 0 Å². The third-order valence-electron chi connectivity index (χ3n) is 3.45. The van der Waals surface area contributed by atoms with Gasteiger partial charge >= 0.3 is 6.03 Å². The molecule has 0 bridgehead atoms. The van der Waals surface area contributed by atoms with E-state index in [-0.39, 0.29) is 12.6 Å². The van der Waals surface area contributed by atoms with Crippen molar-refractivity contribution in [1.82, 2.24) is 10.6 Å². The van der Waals surface area contributed by atoms with Gasteiger partial charge in [0.1, 0.15) is 0 Å². The average Bonchev–Trinajstić information content (AvgIpc) is 2.27. The molecular formula is C12H24N2O2. The molecule has 0 saturated heterocycles. The monoisotopic (exact) mass is 228 g/mol. The second-order valence-corrected chi connectivity index (χ2v) is 4.98. The second-order valence-electron chi connectivity index (χ2n) is 4.98. The molecule has 2 amide bonds. The highest BCUT2D eigenvalue weighted by atomic mass is 16.3. The molecule has 0 aromatic carbocycles. The van der Waals surface area contributed by atoms with E-state index in [2.05, 4.69) is 24.5 Å². The van der Waals surface area contributed by atoms with Crippen molar-refractivity contribution < 1.29 is 9.90 Å². The first kappa shape index (κ1) is 13.3. The van der Waals surface area contributed by atoms with E-state index in [1.807, 2.05) is 0 Å². The molecule has 0 spiro atoms. The summed E-state index contributed by atoms with van der Waals surface area (Å²) < 4.78 is 0. The van der Waals surface area contributed by atoms with Gasteiger partial charge < -0.3 is 15.7 Å². The maximum atomic E-state index is 11.4. The molecule has 94 valence electrons. The second kappa shape index (κ2) is 6.74. The van der Waals surface area contributed by atoms with Gasteiger partial charge in [0.15, 0.2) is 0 Å². The number of urea groups is 1. The highest BCUT2D eigenvalue weighted by Gasteiger charge is 2.23. The maximum absolute atomic E-state index is 11.4. The molecular weight excluding hydrogens is 204 g/mol. The Balaban J connectivity index is 2.19. The number of amides is 2. The summed E-state index contributed by atoms with van der Waals surface area (Å²) in [6, 6.07) is 0.163. The summed E-state index contributed by atoms with van der Waals surface area (Å²) in [5.41, 5.74) is 0. The maximum Gasteiger partial charge on any atom is 0.315 e. The minimum absolute atomic E-state index is 0.00644. The zero-order valence-electron chi connectivity index (χ0n) is 10.3. The van der Waals surface area contributed by atoms with Crippen LogP contribution in [0.5, 0.6) is 0 Å². The number of aliphatic hydroxyl groups is 1. The first-order valence-electron chi connectivity index (χ1n) is 6.28. The summed E-state index contributed by atoms with van der Waals surface area (Å²) in [6.45, 7) is 4.86. The minimum atomic E-state index is -0.151. The Labute approximate surface area is 97.8 Å². The van der Waals surface area contributed by atoms with Crippen LogP contribution >= 0.6 is 0 Å². The molecule has 4 heteroatoms. The number of carbonyl (C=O) groups is 1. The summed E-state index contributed by atoms with van der Waals surface area (Å²) >= 11 is 0. The third-order valence-corrected chi connectivity index (χ3v) is 3.45. The molecule has 0 aromatic heterocycles. The number of aliphatic hydroxyl groups excluding tert-OH is 1. The van der Waals surface area contributed by atoms with E-state index in [0.717, 1.165) is 24.7 Å². The number of carbonyl (C=O) groups excluding carboxylic acids is 1. The van der Waals surface area contributed by atoms with E-state index < -0.39 is 0 Å². The zero-order valence-corrected chi connectivity index (χ0v) is 10.3. The Hall–Kier alpha value is -0.770. The Morgan fingerprint density at radius 2 is 1.94 bits per heavy atom. The third kappa shape index (κ3) is 4.39. The van der Waals surface area contributed by atoms with Crippen LogP contribution in [0.25, 0.3) is 0 Å². The van der Waals surface area contributed by atoms with Gasteiger partial charge in [-0.1, -0.05) is 13.8 Å². The lowest BCUT2D eigenvalue weighted by atomic mass is 9.80. The molecule has 3 N–H and O–H groups in total. The number of rotatable bonds is 4. The van der Waals surface area contributed by atoms with Crippen molar-refractivity contribution in [2.75, 3.05) is 13.2 Å². The Kier molecular flexibility index (Phi) is 5.60. The summed E-state index contributed by atoms with van der Waals surface area (Å²) in [5, 5.41) is 14.1. The van der Waals surface area contributed by atoms with Gasteiger partial charge in [0.05, 0.1) is 6.61 Å². The van der Waals surface area contributed by atoms with E-state index in [0.29, 0.717) is 12.6 Å². The Morgan fingerprint density at radius 1 is 1.31 bits per heavy atom. The first-order valence-corrected chi connectivity index (χ1v) is 6.28. The fourth-order valence-corrected chi connectivity index (χ4v) is 2.34. The Morgan fingerprint density at radius 3 is 2.44 bits per heavy atom. The van der Waals surface area contributed by atoms with E-state index >= 15 is 0 Å². The molecule has 1 aliphatic carbocycles. The van der Waals surface area contributed by atoms with Gasteiger partial charge in [-0.2, -0.15) is 0 Å². The van der Waals surface area contributed by atoms with Crippen LogP contribution in [0.4, 0.5) is 4.79 Å². The van der Waals surface area contributed by atoms with Gasteiger partial charge in [0.2, 0.25) is 0 Å².